The standard InChI is InChI=1S/C23H22F2N4O2/c1-2-21-18(15-26-29(21)17-6-4-3-5-7-17)23(31)28-12-10-27(11-13-28)22(30)16-8-9-19(24)20(25)14-16/h3-9,14-15H,2,10-13H2,1H3. The highest BCUT2D eigenvalue weighted by Crippen LogP contribution is 2.19. The van der Waals surface area contributed by atoms with Crippen LogP contribution in [-0.2, 0) is 6.42 Å². The van der Waals surface area contributed by atoms with E-state index in [9.17, 15) is 18.4 Å². The maximum atomic E-state index is 13.5. The minimum Gasteiger partial charge on any atom is -0.335 e. The van der Waals surface area contributed by atoms with Gasteiger partial charge in [-0.15, -0.1) is 0 Å². The van der Waals surface area contributed by atoms with Crippen LogP contribution in [0.4, 0.5) is 8.78 Å². The molecule has 1 fully saturated rings. The van der Waals surface area contributed by atoms with Gasteiger partial charge in [-0.3, -0.25) is 9.59 Å². The number of para-hydroxylation sites is 1. The maximum absolute atomic E-state index is 13.5. The molecule has 1 aromatic heterocycles. The lowest BCUT2D eigenvalue weighted by Gasteiger charge is -2.34. The van der Waals surface area contributed by atoms with Crippen LogP contribution >= 0.6 is 0 Å². The number of hydrogen-bond donors (Lipinski definition) is 0. The number of piperazine rings is 1. The Balaban J connectivity index is 1.46. The summed E-state index contributed by atoms with van der Waals surface area (Å²) in [5.41, 5.74) is 2.36. The predicted octanol–water partition coefficient (Wildman–Crippen LogP) is 3.31. The molecule has 4 rings (SSSR count). The third-order valence-electron chi connectivity index (χ3n) is 5.46. The summed E-state index contributed by atoms with van der Waals surface area (Å²) in [7, 11) is 0. The molecule has 160 valence electrons. The van der Waals surface area contributed by atoms with Gasteiger partial charge in [0, 0.05) is 31.7 Å². The SMILES string of the molecule is CCc1c(C(=O)N2CCN(C(=O)c3ccc(F)c(F)c3)CC2)cnn1-c1ccccc1. The quantitative estimate of drug-likeness (QED) is 0.646. The van der Waals surface area contributed by atoms with E-state index < -0.39 is 11.6 Å². The van der Waals surface area contributed by atoms with Crippen LogP contribution in [0.5, 0.6) is 0 Å². The van der Waals surface area contributed by atoms with Gasteiger partial charge in [-0.1, -0.05) is 25.1 Å². The van der Waals surface area contributed by atoms with E-state index in [1.807, 2.05) is 37.3 Å². The van der Waals surface area contributed by atoms with Gasteiger partial charge in [0.15, 0.2) is 11.6 Å². The highest BCUT2D eigenvalue weighted by molar-refractivity contribution is 5.96. The number of nitrogens with zero attached hydrogens (tertiary/aromatic N) is 4. The lowest BCUT2D eigenvalue weighted by Crippen LogP contribution is -2.50. The van der Waals surface area contributed by atoms with Crippen molar-refractivity contribution in [1.82, 2.24) is 19.6 Å². The van der Waals surface area contributed by atoms with Gasteiger partial charge >= 0.3 is 0 Å². The lowest BCUT2D eigenvalue weighted by molar-refractivity contribution is 0.0534. The average molecular weight is 424 g/mol. The average Bonchev–Trinajstić information content (AvgIpc) is 3.24. The van der Waals surface area contributed by atoms with Gasteiger partial charge in [-0.2, -0.15) is 5.10 Å². The molecule has 0 atom stereocenters. The molecular weight excluding hydrogens is 402 g/mol. The number of hydrogen-bond acceptors (Lipinski definition) is 3. The normalized spacial score (nSPS) is 14.0. The monoisotopic (exact) mass is 424 g/mol. The molecule has 0 aliphatic carbocycles. The molecule has 0 radical (unpaired) electrons. The molecule has 2 aromatic carbocycles. The Labute approximate surface area is 178 Å². The van der Waals surface area contributed by atoms with Crippen molar-refractivity contribution in [2.45, 2.75) is 13.3 Å². The number of carbonyl (C=O) groups excluding carboxylic acids is 2. The van der Waals surface area contributed by atoms with Crippen molar-refractivity contribution in [1.29, 1.82) is 0 Å². The van der Waals surface area contributed by atoms with E-state index >= 15 is 0 Å². The first-order chi connectivity index (χ1) is 15.0. The Bertz CT molecular complexity index is 1110. The Morgan fingerprint density at radius 1 is 0.903 bits per heavy atom. The third kappa shape index (κ3) is 4.05. The number of benzene rings is 2. The Kier molecular flexibility index (Phi) is 5.79. The van der Waals surface area contributed by atoms with Crippen LogP contribution in [0.1, 0.15) is 33.3 Å². The van der Waals surface area contributed by atoms with Crippen molar-refractivity contribution in [3.63, 3.8) is 0 Å². The van der Waals surface area contributed by atoms with Crippen LogP contribution in [0.15, 0.2) is 54.7 Å². The fourth-order valence-corrected chi connectivity index (χ4v) is 3.78. The first-order valence-electron chi connectivity index (χ1n) is 10.2. The Morgan fingerprint density at radius 2 is 1.55 bits per heavy atom. The zero-order valence-corrected chi connectivity index (χ0v) is 17.1. The van der Waals surface area contributed by atoms with E-state index in [0.29, 0.717) is 38.2 Å². The summed E-state index contributed by atoms with van der Waals surface area (Å²) in [5.74, 6) is -2.55. The Hall–Kier alpha value is -3.55. The molecule has 8 heteroatoms. The van der Waals surface area contributed by atoms with Crippen molar-refractivity contribution < 1.29 is 18.4 Å². The molecule has 0 unspecified atom stereocenters. The van der Waals surface area contributed by atoms with Gasteiger partial charge in [-0.05, 0) is 36.8 Å². The van der Waals surface area contributed by atoms with Crippen LogP contribution in [0, 0.1) is 11.6 Å². The van der Waals surface area contributed by atoms with Crippen molar-refractivity contribution in [2.75, 3.05) is 26.2 Å². The fraction of sp³-hybridized carbons (Fsp3) is 0.261. The summed E-state index contributed by atoms with van der Waals surface area (Å²) in [6.07, 6.45) is 2.23. The summed E-state index contributed by atoms with van der Waals surface area (Å²) in [5, 5.41) is 4.41. The minimum atomic E-state index is -1.05. The zero-order valence-electron chi connectivity index (χ0n) is 17.1. The number of aromatic nitrogens is 2. The number of halogens is 2. The van der Waals surface area contributed by atoms with Crippen molar-refractivity contribution >= 4 is 11.8 Å². The van der Waals surface area contributed by atoms with Gasteiger partial charge in [0.25, 0.3) is 11.8 Å². The molecule has 0 N–H and O–H groups in total. The van der Waals surface area contributed by atoms with Crippen molar-refractivity contribution in [3.05, 3.63) is 83.2 Å². The second-order valence-corrected chi connectivity index (χ2v) is 7.32. The summed E-state index contributed by atoms with van der Waals surface area (Å²) in [6.45, 7) is 3.32. The third-order valence-corrected chi connectivity index (χ3v) is 5.46. The largest absolute Gasteiger partial charge is 0.335 e. The summed E-state index contributed by atoms with van der Waals surface area (Å²) in [6, 6.07) is 12.7. The second-order valence-electron chi connectivity index (χ2n) is 7.32. The predicted molar refractivity (Wildman–Crippen MR) is 111 cm³/mol. The zero-order chi connectivity index (χ0) is 22.0. The van der Waals surface area contributed by atoms with Crippen molar-refractivity contribution in [2.24, 2.45) is 0 Å². The van der Waals surface area contributed by atoms with Gasteiger partial charge in [0.2, 0.25) is 0 Å². The number of amides is 2. The molecule has 0 bridgehead atoms. The molecule has 0 saturated carbocycles. The molecule has 1 aliphatic heterocycles. The molecule has 31 heavy (non-hydrogen) atoms. The highest BCUT2D eigenvalue weighted by atomic mass is 19.2. The Morgan fingerprint density at radius 3 is 2.16 bits per heavy atom. The molecule has 3 aromatic rings. The molecule has 2 heterocycles. The van der Waals surface area contributed by atoms with Crippen LogP contribution in [-0.4, -0.2) is 57.6 Å². The first kappa shape index (κ1) is 20.7. The van der Waals surface area contributed by atoms with Crippen LogP contribution in [0.25, 0.3) is 5.69 Å². The number of carbonyl (C=O) groups is 2. The molecule has 2 amide bonds. The van der Waals surface area contributed by atoms with Crippen molar-refractivity contribution in [3.8, 4) is 5.69 Å². The van der Waals surface area contributed by atoms with Crippen LogP contribution in [0.3, 0.4) is 0 Å². The van der Waals surface area contributed by atoms with E-state index in [-0.39, 0.29) is 17.4 Å². The lowest BCUT2D eigenvalue weighted by atomic mass is 10.1. The van der Waals surface area contributed by atoms with E-state index in [1.165, 1.54) is 6.07 Å². The molecule has 6 nitrogen and oxygen atoms in total. The van der Waals surface area contributed by atoms with E-state index in [2.05, 4.69) is 5.10 Å². The molecular formula is C23H22F2N4O2. The van der Waals surface area contributed by atoms with Crippen LogP contribution in [0.2, 0.25) is 0 Å². The highest BCUT2D eigenvalue weighted by Gasteiger charge is 2.28. The van der Waals surface area contributed by atoms with Gasteiger partial charge < -0.3 is 9.80 Å². The van der Waals surface area contributed by atoms with Gasteiger partial charge in [-0.25, -0.2) is 13.5 Å². The second kappa shape index (κ2) is 8.67. The van der Waals surface area contributed by atoms with E-state index in [4.69, 9.17) is 0 Å². The fourth-order valence-electron chi connectivity index (χ4n) is 3.78. The minimum absolute atomic E-state index is 0.0936. The summed E-state index contributed by atoms with van der Waals surface area (Å²) < 4.78 is 28.4. The molecule has 1 saturated heterocycles. The first-order valence-corrected chi connectivity index (χ1v) is 10.2. The summed E-state index contributed by atoms with van der Waals surface area (Å²) >= 11 is 0. The smallest absolute Gasteiger partial charge is 0.257 e. The number of rotatable bonds is 4. The topological polar surface area (TPSA) is 58.4 Å². The molecule has 0 spiro atoms. The molecule has 1 aliphatic rings. The van der Waals surface area contributed by atoms with Crippen LogP contribution < -0.4 is 0 Å². The summed E-state index contributed by atoms with van der Waals surface area (Å²) in [4.78, 5) is 29.0. The van der Waals surface area contributed by atoms with Gasteiger partial charge in [0.05, 0.1) is 23.1 Å². The van der Waals surface area contributed by atoms with E-state index in [0.717, 1.165) is 23.5 Å². The van der Waals surface area contributed by atoms with Gasteiger partial charge in [0.1, 0.15) is 0 Å². The maximum Gasteiger partial charge on any atom is 0.257 e. The van der Waals surface area contributed by atoms with E-state index in [1.54, 1.807) is 20.7 Å².